The van der Waals surface area contributed by atoms with Crippen molar-refractivity contribution in [1.29, 1.82) is 0 Å². The van der Waals surface area contributed by atoms with Gasteiger partial charge in [-0.05, 0) is 0 Å². The second-order valence-corrected chi connectivity index (χ2v) is 3.48. The van der Waals surface area contributed by atoms with Gasteiger partial charge in [0.25, 0.3) is 0 Å². The maximum Gasteiger partial charge on any atom is 0.390 e. The van der Waals surface area contributed by atoms with Crippen molar-refractivity contribution in [2.45, 2.75) is 12.6 Å². The van der Waals surface area contributed by atoms with E-state index in [1.807, 2.05) is 0 Å². The topological polar surface area (TPSA) is 63.2 Å². The van der Waals surface area contributed by atoms with Gasteiger partial charge in [0, 0.05) is 20.6 Å². The van der Waals surface area contributed by atoms with E-state index >= 15 is 0 Å². The molecule has 1 aromatic rings. The van der Waals surface area contributed by atoms with Crippen LogP contribution in [0.5, 0.6) is 6.01 Å². The monoisotopic (exact) mass is 265 g/mol. The van der Waals surface area contributed by atoms with Crippen LogP contribution in [0, 0.1) is 0 Å². The van der Waals surface area contributed by atoms with Crippen LogP contribution in [0.2, 0.25) is 0 Å². The Hall–Kier alpha value is -1.80. The lowest BCUT2D eigenvalue weighted by Gasteiger charge is -2.18. The van der Waals surface area contributed by atoms with Crippen molar-refractivity contribution < 1.29 is 17.9 Å². The summed E-state index contributed by atoms with van der Waals surface area (Å²) in [5, 5.41) is 2.68. The van der Waals surface area contributed by atoms with Gasteiger partial charge in [-0.25, -0.2) is 0 Å². The Morgan fingerprint density at radius 3 is 2.44 bits per heavy atom. The van der Waals surface area contributed by atoms with Gasteiger partial charge in [0.05, 0.1) is 13.5 Å². The zero-order valence-electron chi connectivity index (χ0n) is 10.2. The highest BCUT2D eigenvalue weighted by molar-refractivity contribution is 5.37. The Balaban J connectivity index is 2.81. The smallest absolute Gasteiger partial charge is 0.390 e. The first kappa shape index (κ1) is 14.3. The second-order valence-electron chi connectivity index (χ2n) is 3.48. The molecule has 1 heterocycles. The Bertz CT molecular complexity index is 376. The molecule has 6 nitrogen and oxygen atoms in total. The van der Waals surface area contributed by atoms with Gasteiger partial charge >= 0.3 is 12.2 Å². The predicted octanol–water partition coefficient (Wildman–Crippen LogP) is 1.31. The number of rotatable bonds is 5. The minimum Gasteiger partial charge on any atom is -0.467 e. The van der Waals surface area contributed by atoms with Gasteiger partial charge in [-0.2, -0.15) is 28.1 Å². The fourth-order valence-electron chi connectivity index (χ4n) is 1.11. The van der Waals surface area contributed by atoms with E-state index in [0.29, 0.717) is 0 Å². The van der Waals surface area contributed by atoms with Crippen molar-refractivity contribution in [2.75, 3.05) is 38.0 Å². The quantitative estimate of drug-likeness (QED) is 0.866. The Kier molecular flexibility index (Phi) is 4.51. The molecule has 1 aromatic heterocycles. The van der Waals surface area contributed by atoms with Crippen molar-refractivity contribution in [1.82, 2.24) is 15.0 Å². The van der Waals surface area contributed by atoms with E-state index in [1.165, 1.54) is 19.1 Å². The molecule has 0 bridgehead atoms. The largest absolute Gasteiger partial charge is 0.467 e. The molecule has 0 aliphatic heterocycles. The molecule has 0 saturated heterocycles. The maximum atomic E-state index is 12.1. The minimum absolute atomic E-state index is 0.0446. The SMILES string of the molecule is CNc1nc(OC)nc(N(C)CCC(F)(F)F)n1. The summed E-state index contributed by atoms with van der Waals surface area (Å²) in [6.07, 6.45) is -5.15. The first-order valence-corrected chi connectivity index (χ1v) is 5.11. The number of aromatic nitrogens is 3. The van der Waals surface area contributed by atoms with Crippen LogP contribution >= 0.6 is 0 Å². The van der Waals surface area contributed by atoms with E-state index in [9.17, 15) is 13.2 Å². The number of anilines is 2. The Labute approximate surface area is 102 Å². The van der Waals surface area contributed by atoms with Gasteiger partial charge in [-0.1, -0.05) is 0 Å². The van der Waals surface area contributed by atoms with E-state index in [1.54, 1.807) is 7.05 Å². The molecule has 9 heteroatoms. The zero-order valence-corrected chi connectivity index (χ0v) is 10.2. The molecule has 0 amide bonds. The summed E-state index contributed by atoms with van der Waals surface area (Å²) in [5.41, 5.74) is 0. The highest BCUT2D eigenvalue weighted by Gasteiger charge is 2.27. The maximum absolute atomic E-state index is 12.1. The van der Waals surface area contributed by atoms with Gasteiger partial charge in [0.1, 0.15) is 0 Å². The number of hydrogen-bond acceptors (Lipinski definition) is 6. The summed E-state index contributed by atoms with van der Waals surface area (Å²) in [5.74, 6) is 0.353. The second kappa shape index (κ2) is 5.69. The molecule has 18 heavy (non-hydrogen) atoms. The van der Waals surface area contributed by atoms with Crippen molar-refractivity contribution in [3.63, 3.8) is 0 Å². The van der Waals surface area contributed by atoms with Crippen molar-refractivity contribution in [3.8, 4) is 6.01 Å². The van der Waals surface area contributed by atoms with E-state index in [2.05, 4.69) is 20.3 Å². The molecule has 1 N–H and O–H groups in total. The van der Waals surface area contributed by atoms with Crippen LogP contribution in [-0.2, 0) is 0 Å². The number of alkyl halides is 3. The molecule has 1 rings (SSSR count). The molecule has 0 spiro atoms. The van der Waals surface area contributed by atoms with Crippen LogP contribution in [0.4, 0.5) is 25.1 Å². The van der Waals surface area contributed by atoms with Crippen LogP contribution < -0.4 is 15.0 Å². The van der Waals surface area contributed by atoms with E-state index < -0.39 is 12.6 Å². The van der Waals surface area contributed by atoms with Crippen LogP contribution in [-0.4, -0.2) is 48.9 Å². The lowest BCUT2D eigenvalue weighted by molar-refractivity contribution is -0.132. The van der Waals surface area contributed by atoms with Crippen LogP contribution in [0.3, 0.4) is 0 Å². The van der Waals surface area contributed by atoms with E-state index in [-0.39, 0.29) is 24.5 Å². The fraction of sp³-hybridized carbons (Fsp3) is 0.667. The molecular formula is C9H14F3N5O. The molecule has 102 valence electrons. The summed E-state index contributed by atoms with van der Waals surface area (Å²) < 4.78 is 41.2. The Morgan fingerprint density at radius 1 is 1.28 bits per heavy atom. The van der Waals surface area contributed by atoms with Gasteiger partial charge in [-0.3, -0.25) is 0 Å². The summed E-state index contributed by atoms with van der Waals surface area (Å²) in [7, 11) is 4.43. The number of methoxy groups -OCH3 is 1. The van der Waals surface area contributed by atoms with Gasteiger partial charge in [0.2, 0.25) is 11.9 Å². The van der Waals surface area contributed by atoms with Crippen molar-refractivity contribution >= 4 is 11.9 Å². The average Bonchev–Trinajstić information content (AvgIpc) is 2.34. The highest BCUT2D eigenvalue weighted by atomic mass is 19.4. The highest BCUT2D eigenvalue weighted by Crippen LogP contribution is 2.21. The van der Waals surface area contributed by atoms with Gasteiger partial charge in [0.15, 0.2) is 0 Å². The van der Waals surface area contributed by atoms with Crippen LogP contribution in [0.1, 0.15) is 6.42 Å². The molecule has 0 fully saturated rings. The third-order valence-electron chi connectivity index (χ3n) is 2.08. The molecule has 0 radical (unpaired) electrons. The van der Waals surface area contributed by atoms with Gasteiger partial charge < -0.3 is 15.0 Å². The summed E-state index contributed by atoms with van der Waals surface area (Å²) in [6.45, 7) is -0.236. The molecule has 0 aliphatic rings. The number of halogens is 3. The van der Waals surface area contributed by atoms with Crippen LogP contribution in [0.25, 0.3) is 0 Å². The minimum atomic E-state index is -4.21. The molecule has 0 saturated carbocycles. The lowest BCUT2D eigenvalue weighted by Crippen LogP contribution is -2.26. The third kappa shape index (κ3) is 4.22. The predicted molar refractivity (Wildman–Crippen MR) is 59.9 cm³/mol. The number of nitrogens with one attached hydrogen (secondary N) is 1. The summed E-state index contributed by atoms with van der Waals surface area (Å²) in [6, 6.07) is 0.0446. The standard InChI is InChI=1S/C9H14F3N5O/c1-13-6-14-7(16-8(15-6)18-3)17(2)5-4-9(10,11)12/h4-5H2,1-3H3,(H,13,14,15,16). The fourth-order valence-corrected chi connectivity index (χ4v) is 1.11. The zero-order chi connectivity index (χ0) is 13.8. The van der Waals surface area contributed by atoms with Crippen LogP contribution in [0.15, 0.2) is 0 Å². The lowest BCUT2D eigenvalue weighted by atomic mass is 10.4. The Morgan fingerprint density at radius 2 is 1.94 bits per heavy atom. The van der Waals surface area contributed by atoms with Crippen molar-refractivity contribution in [3.05, 3.63) is 0 Å². The number of ether oxygens (including phenoxy) is 1. The molecular weight excluding hydrogens is 251 g/mol. The molecule has 0 aromatic carbocycles. The first-order chi connectivity index (χ1) is 8.35. The number of nitrogens with zero attached hydrogens (tertiary/aromatic N) is 4. The molecule has 0 atom stereocenters. The molecule has 0 aliphatic carbocycles. The first-order valence-electron chi connectivity index (χ1n) is 5.11. The summed E-state index contributed by atoms with van der Waals surface area (Å²) in [4.78, 5) is 13.0. The molecule has 0 unspecified atom stereocenters. The third-order valence-corrected chi connectivity index (χ3v) is 2.08. The van der Waals surface area contributed by atoms with E-state index in [0.717, 1.165) is 0 Å². The normalized spacial score (nSPS) is 11.2. The number of hydrogen-bond donors (Lipinski definition) is 1. The van der Waals surface area contributed by atoms with E-state index in [4.69, 9.17) is 4.74 Å². The average molecular weight is 265 g/mol. The van der Waals surface area contributed by atoms with Gasteiger partial charge in [-0.15, -0.1) is 0 Å². The summed E-state index contributed by atoms with van der Waals surface area (Å²) >= 11 is 0. The van der Waals surface area contributed by atoms with Crippen molar-refractivity contribution in [2.24, 2.45) is 0 Å².